The van der Waals surface area contributed by atoms with E-state index in [-0.39, 0.29) is 60.1 Å². The van der Waals surface area contributed by atoms with Gasteiger partial charge in [-0.2, -0.15) is 14.0 Å². The van der Waals surface area contributed by atoms with Crippen molar-refractivity contribution in [3.8, 4) is 0 Å². The SMILES string of the molecule is Cc1ccsc1C(=O)n1nc(Nc2ccc(S(=O)(=O)N3CCN(Cc4ccc(C5CCC(=O)NC5=O)c(F)c4)CC3)cc2)nc1N. The van der Waals surface area contributed by atoms with Crippen molar-refractivity contribution < 1.29 is 27.2 Å². The molecule has 4 N–H and O–H groups in total. The van der Waals surface area contributed by atoms with Crippen LogP contribution >= 0.6 is 11.3 Å². The summed E-state index contributed by atoms with van der Waals surface area (Å²) in [5.74, 6) is -2.40. The third-order valence-corrected chi connectivity index (χ3v) is 11.0. The minimum absolute atomic E-state index is 0.0759. The van der Waals surface area contributed by atoms with Crippen molar-refractivity contribution >= 4 is 56.7 Å². The number of imide groups is 1. The number of carbonyl (C=O) groups is 3. The number of halogens is 1. The van der Waals surface area contributed by atoms with Gasteiger partial charge in [-0.15, -0.1) is 16.4 Å². The second kappa shape index (κ2) is 12.7. The fourth-order valence-electron chi connectivity index (χ4n) is 5.53. The Morgan fingerprint density at radius 2 is 1.85 bits per heavy atom. The van der Waals surface area contributed by atoms with E-state index in [0.717, 1.165) is 10.2 Å². The molecule has 2 amide bonds. The summed E-state index contributed by atoms with van der Waals surface area (Å²) >= 11 is 1.29. The zero-order valence-corrected chi connectivity index (χ0v) is 26.4. The molecule has 2 saturated heterocycles. The molecule has 2 aliphatic rings. The fourth-order valence-corrected chi connectivity index (χ4v) is 7.80. The van der Waals surface area contributed by atoms with Crippen molar-refractivity contribution in [3.63, 3.8) is 0 Å². The van der Waals surface area contributed by atoms with Gasteiger partial charge in [0.15, 0.2) is 0 Å². The summed E-state index contributed by atoms with van der Waals surface area (Å²) in [4.78, 5) is 43.1. The number of sulfonamides is 1. The summed E-state index contributed by atoms with van der Waals surface area (Å²) in [5, 5.41) is 11.2. The highest BCUT2D eigenvalue weighted by atomic mass is 32.2. The van der Waals surface area contributed by atoms with Gasteiger partial charge in [0, 0.05) is 50.4 Å². The zero-order chi connectivity index (χ0) is 32.6. The van der Waals surface area contributed by atoms with Crippen LogP contribution in [0.3, 0.4) is 0 Å². The van der Waals surface area contributed by atoms with Crippen molar-refractivity contribution in [1.82, 2.24) is 29.3 Å². The Bertz CT molecular complexity index is 1920. The predicted octanol–water partition coefficient (Wildman–Crippen LogP) is 2.83. The lowest BCUT2D eigenvalue weighted by Gasteiger charge is -2.34. The van der Waals surface area contributed by atoms with Gasteiger partial charge in [-0.3, -0.25) is 24.6 Å². The highest BCUT2D eigenvalue weighted by molar-refractivity contribution is 7.89. The third kappa shape index (κ3) is 6.42. The third-order valence-electron chi connectivity index (χ3n) is 8.05. The second-order valence-corrected chi connectivity index (χ2v) is 14.0. The molecule has 4 heterocycles. The molecule has 2 aromatic carbocycles. The summed E-state index contributed by atoms with van der Waals surface area (Å²) < 4.78 is 44.1. The molecule has 46 heavy (non-hydrogen) atoms. The summed E-state index contributed by atoms with van der Waals surface area (Å²) in [7, 11) is -3.77. The summed E-state index contributed by atoms with van der Waals surface area (Å²) in [6.45, 7) is 3.67. The number of nitrogen functional groups attached to an aromatic ring is 1. The first-order chi connectivity index (χ1) is 22.0. The number of nitrogens with one attached hydrogen (secondary N) is 2. The first kappa shape index (κ1) is 31.5. The number of anilines is 3. The van der Waals surface area contributed by atoms with Crippen LogP contribution < -0.4 is 16.4 Å². The van der Waals surface area contributed by atoms with E-state index in [1.165, 1.54) is 33.8 Å². The molecule has 1 atom stereocenters. The molecule has 2 aliphatic heterocycles. The van der Waals surface area contributed by atoms with Gasteiger partial charge < -0.3 is 11.1 Å². The first-order valence-corrected chi connectivity index (χ1v) is 16.8. The van der Waals surface area contributed by atoms with Crippen LogP contribution in [-0.2, 0) is 26.2 Å². The topological polar surface area (TPSA) is 173 Å². The lowest BCUT2D eigenvalue weighted by molar-refractivity contribution is -0.134. The number of aromatic nitrogens is 3. The van der Waals surface area contributed by atoms with Crippen molar-refractivity contribution in [2.24, 2.45) is 0 Å². The minimum Gasteiger partial charge on any atom is -0.368 e. The number of amides is 2. The first-order valence-electron chi connectivity index (χ1n) is 14.5. The van der Waals surface area contributed by atoms with Crippen LogP contribution in [0.5, 0.6) is 0 Å². The normalized spacial score (nSPS) is 18.0. The Morgan fingerprint density at radius 3 is 2.50 bits per heavy atom. The van der Waals surface area contributed by atoms with Crippen LogP contribution in [0.2, 0.25) is 0 Å². The van der Waals surface area contributed by atoms with E-state index in [9.17, 15) is 27.2 Å². The van der Waals surface area contributed by atoms with Crippen molar-refractivity contribution in [2.75, 3.05) is 37.2 Å². The molecule has 0 spiro atoms. The molecule has 2 fully saturated rings. The van der Waals surface area contributed by atoms with E-state index in [2.05, 4.69) is 20.7 Å². The summed E-state index contributed by atoms with van der Waals surface area (Å²) in [6, 6.07) is 12.7. The number of thiophene rings is 1. The molecule has 0 saturated carbocycles. The van der Waals surface area contributed by atoms with Crippen molar-refractivity contribution in [1.29, 1.82) is 0 Å². The number of hydrogen-bond acceptors (Lipinski definition) is 11. The summed E-state index contributed by atoms with van der Waals surface area (Å²) in [6.07, 6.45) is 0.442. The van der Waals surface area contributed by atoms with Crippen LogP contribution in [0.1, 0.15) is 45.1 Å². The van der Waals surface area contributed by atoms with E-state index in [1.54, 1.807) is 29.6 Å². The number of piperidine rings is 1. The van der Waals surface area contributed by atoms with Gasteiger partial charge in [0.1, 0.15) is 5.82 Å². The molecule has 6 rings (SSSR count). The lowest BCUT2D eigenvalue weighted by Crippen LogP contribution is -2.48. The van der Waals surface area contributed by atoms with Gasteiger partial charge in [0.25, 0.3) is 5.91 Å². The van der Waals surface area contributed by atoms with Gasteiger partial charge in [-0.05, 0) is 66.2 Å². The molecule has 0 radical (unpaired) electrons. The molecule has 240 valence electrons. The minimum atomic E-state index is -3.77. The fraction of sp³-hybridized carbons (Fsp3) is 0.300. The van der Waals surface area contributed by atoms with Crippen LogP contribution in [0, 0.1) is 12.7 Å². The van der Waals surface area contributed by atoms with Gasteiger partial charge in [0.2, 0.25) is 33.7 Å². The van der Waals surface area contributed by atoms with Crippen LogP contribution in [0.15, 0.2) is 58.8 Å². The van der Waals surface area contributed by atoms with E-state index >= 15 is 0 Å². The monoisotopic (exact) mass is 666 g/mol. The highest BCUT2D eigenvalue weighted by Crippen LogP contribution is 2.28. The molecular weight excluding hydrogens is 636 g/mol. The quantitative estimate of drug-likeness (QED) is 0.238. The Morgan fingerprint density at radius 1 is 1.11 bits per heavy atom. The number of carbonyl (C=O) groups excluding carboxylic acids is 3. The molecule has 1 unspecified atom stereocenters. The molecule has 0 bridgehead atoms. The van der Waals surface area contributed by atoms with Crippen LogP contribution in [0.25, 0.3) is 0 Å². The standard InChI is InChI=1S/C30H31FN8O5S2/c1-18-10-15-45-26(18)28(42)39-29(32)35-30(36-39)33-20-3-5-21(6-4-20)46(43,44)38-13-11-37(12-14-38)17-19-2-7-22(24(31)16-19)23-8-9-25(40)34-27(23)41/h2-7,10,15-16,23H,8-9,11-14,17H2,1H3,(H,34,40,41)(H3,32,33,35,36). The Kier molecular flexibility index (Phi) is 8.69. The van der Waals surface area contributed by atoms with Gasteiger partial charge >= 0.3 is 0 Å². The molecule has 13 nitrogen and oxygen atoms in total. The van der Waals surface area contributed by atoms with Gasteiger partial charge in [-0.25, -0.2) is 12.8 Å². The molecule has 4 aromatic rings. The smallest absolute Gasteiger partial charge is 0.291 e. The van der Waals surface area contributed by atoms with Crippen LogP contribution in [-0.4, -0.2) is 76.3 Å². The lowest BCUT2D eigenvalue weighted by atomic mass is 9.89. The van der Waals surface area contributed by atoms with E-state index in [1.807, 2.05) is 17.9 Å². The van der Waals surface area contributed by atoms with Gasteiger partial charge in [0.05, 0.1) is 15.7 Å². The summed E-state index contributed by atoms with van der Waals surface area (Å²) in [5.41, 5.74) is 8.22. The average molecular weight is 667 g/mol. The van der Waals surface area contributed by atoms with Crippen LogP contribution in [0.4, 0.5) is 22.0 Å². The van der Waals surface area contributed by atoms with Gasteiger partial charge in [-0.1, -0.05) is 12.1 Å². The number of aryl methyl sites for hydroxylation is 1. The molecule has 0 aliphatic carbocycles. The zero-order valence-electron chi connectivity index (χ0n) is 24.8. The van der Waals surface area contributed by atoms with E-state index < -0.39 is 27.7 Å². The number of nitrogens with zero attached hydrogens (tertiary/aromatic N) is 5. The Balaban J connectivity index is 1.04. The maximum atomic E-state index is 14.9. The Labute approximate surface area is 268 Å². The maximum Gasteiger partial charge on any atom is 0.291 e. The van der Waals surface area contributed by atoms with E-state index in [4.69, 9.17) is 5.73 Å². The average Bonchev–Trinajstić information content (AvgIpc) is 3.62. The van der Waals surface area contributed by atoms with E-state index in [0.29, 0.717) is 35.8 Å². The number of rotatable bonds is 8. The maximum absolute atomic E-state index is 14.9. The predicted molar refractivity (Wildman–Crippen MR) is 169 cm³/mol. The number of benzene rings is 2. The number of piperazine rings is 1. The highest BCUT2D eigenvalue weighted by Gasteiger charge is 2.31. The number of hydrogen-bond donors (Lipinski definition) is 3. The number of nitrogens with two attached hydrogens (primary N) is 1. The molecule has 2 aromatic heterocycles. The second-order valence-electron chi connectivity index (χ2n) is 11.1. The molecular formula is C30H31FN8O5S2. The van der Waals surface area contributed by atoms with Crippen molar-refractivity contribution in [3.05, 3.63) is 81.3 Å². The largest absolute Gasteiger partial charge is 0.368 e. The Hall–Kier alpha value is -4.51. The molecule has 16 heteroatoms. The van der Waals surface area contributed by atoms with Crippen molar-refractivity contribution in [2.45, 2.75) is 37.1 Å².